The number of anilines is 1. The van der Waals surface area contributed by atoms with Crippen molar-refractivity contribution in [2.24, 2.45) is 0 Å². The highest BCUT2D eigenvalue weighted by molar-refractivity contribution is 5.85. The molecule has 5 nitrogen and oxygen atoms in total. The summed E-state index contributed by atoms with van der Waals surface area (Å²) < 4.78 is 5.61. The van der Waals surface area contributed by atoms with Gasteiger partial charge in [-0.2, -0.15) is 4.98 Å². The number of amides is 1. The molecule has 1 aromatic heterocycles. The number of carbonyl (C=O) groups is 1. The molecule has 3 aromatic rings. The van der Waals surface area contributed by atoms with Gasteiger partial charge in [0.05, 0.1) is 0 Å². The van der Waals surface area contributed by atoms with Crippen molar-refractivity contribution in [1.82, 2.24) is 10.3 Å². The number of oxazole rings is 1. The van der Waals surface area contributed by atoms with Gasteiger partial charge in [-0.1, -0.05) is 42.5 Å². The van der Waals surface area contributed by atoms with Crippen LogP contribution in [0.4, 0.5) is 6.01 Å². The first-order valence-electron chi connectivity index (χ1n) is 6.66. The summed E-state index contributed by atoms with van der Waals surface area (Å²) in [5.74, 6) is -0.150. The summed E-state index contributed by atoms with van der Waals surface area (Å²) in [6.45, 7) is 0. The minimum absolute atomic E-state index is 0.150. The molecule has 0 unspecified atom stereocenters. The number of fused-ring (bicyclic) bond motifs is 1. The number of aromatic nitrogens is 1. The van der Waals surface area contributed by atoms with E-state index in [1.165, 1.54) is 0 Å². The Morgan fingerprint density at radius 3 is 2.52 bits per heavy atom. The molecule has 3 rings (SSSR count). The standard InChI is InChI=1S/C16H15N3O2/c1-17-15(20)14(11-7-3-2-4-8-11)19-16-18-12-9-5-6-10-13(12)21-16/h2-10,14H,1H3,(H,17,20)(H,18,19)/t14-/m0/s1. The maximum Gasteiger partial charge on any atom is 0.296 e. The number of likely N-dealkylation sites (N-methyl/N-ethyl adjacent to an activating group) is 1. The van der Waals surface area contributed by atoms with Crippen molar-refractivity contribution in [1.29, 1.82) is 0 Å². The monoisotopic (exact) mass is 281 g/mol. The quantitative estimate of drug-likeness (QED) is 0.771. The fourth-order valence-corrected chi connectivity index (χ4v) is 2.15. The van der Waals surface area contributed by atoms with Crippen molar-refractivity contribution in [3.8, 4) is 0 Å². The summed E-state index contributed by atoms with van der Waals surface area (Å²) in [7, 11) is 1.60. The fraction of sp³-hybridized carbons (Fsp3) is 0.125. The molecule has 0 aliphatic heterocycles. The Kier molecular flexibility index (Phi) is 3.55. The summed E-state index contributed by atoms with van der Waals surface area (Å²) in [6.07, 6.45) is 0. The van der Waals surface area contributed by atoms with Gasteiger partial charge in [-0.05, 0) is 17.7 Å². The lowest BCUT2D eigenvalue weighted by Crippen LogP contribution is -2.30. The number of nitrogens with one attached hydrogen (secondary N) is 2. The zero-order chi connectivity index (χ0) is 14.7. The van der Waals surface area contributed by atoms with Crippen LogP contribution in [-0.4, -0.2) is 17.9 Å². The summed E-state index contributed by atoms with van der Waals surface area (Å²) in [6, 6.07) is 16.7. The second kappa shape index (κ2) is 5.66. The van der Waals surface area contributed by atoms with Gasteiger partial charge in [0.15, 0.2) is 5.58 Å². The van der Waals surface area contributed by atoms with Gasteiger partial charge >= 0.3 is 0 Å². The average Bonchev–Trinajstić information content (AvgIpc) is 2.95. The van der Waals surface area contributed by atoms with E-state index in [0.29, 0.717) is 11.6 Å². The third-order valence-electron chi connectivity index (χ3n) is 3.20. The zero-order valence-electron chi connectivity index (χ0n) is 11.5. The molecule has 0 aliphatic carbocycles. The van der Waals surface area contributed by atoms with Crippen LogP contribution >= 0.6 is 0 Å². The van der Waals surface area contributed by atoms with Crippen LogP contribution in [-0.2, 0) is 4.79 Å². The van der Waals surface area contributed by atoms with Crippen LogP contribution in [0, 0.1) is 0 Å². The van der Waals surface area contributed by atoms with E-state index < -0.39 is 6.04 Å². The minimum Gasteiger partial charge on any atom is -0.424 e. The van der Waals surface area contributed by atoms with E-state index in [4.69, 9.17) is 4.42 Å². The van der Waals surface area contributed by atoms with Crippen LogP contribution in [0.15, 0.2) is 59.0 Å². The van der Waals surface area contributed by atoms with E-state index in [-0.39, 0.29) is 5.91 Å². The molecule has 0 radical (unpaired) electrons. The maximum atomic E-state index is 12.1. The average molecular weight is 281 g/mol. The second-order valence-corrected chi connectivity index (χ2v) is 4.59. The Hall–Kier alpha value is -2.82. The van der Waals surface area contributed by atoms with E-state index in [1.807, 2.05) is 54.6 Å². The van der Waals surface area contributed by atoms with Crippen LogP contribution < -0.4 is 10.6 Å². The topological polar surface area (TPSA) is 67.2 Å². The Morgan fingerprint density at radius 1 is 1.10 bits per heavy atom. The van der Waals surface area contributed by atoms with Crippen LogP contribution in [0.1, 0.15) is 11.6 Å². The second-order valence-electron chi connectivity index (χ2n) is 4.59. The molecular weight excluding hydrogens is 266 g/mol. The molecule has 2 N–H and O–H groups in total. The molecule has 106 valence electrons. The van der Waals surface area contributed by atoms with Crippen LogP contribution in [0.3, 0.4) is 0 Å². The molecule has 0 saturated carbocycles. The van der Waals surface area contributed by atoms with E-state index in [0.717, 1.165) is 11.1 Å². The molecule has 1 amide bonds. The summed E-state index contributed by atoms with van der Waals surface area (Å²) in [5.41, 5.74) is 2.28. The van der Waals surface area contributed by atoms with Crippen molar-refractivity contribution in [3.63, 3.8) is 0 Å². The van der Waals surface area contributed by atoms with Gasteiger partial charge in [0, 0.05) is 7.05 Å². The van der Waals surface area contributed by atoms with Gasteiger partial charge in [-0.25, -0.2) is 0 Å². The van der Waals surface area contributed by atoms with Crippen LogP contribution in [0.5, 0.6) is 0 Å². The highest BCUT2D eigenvalue weighted by Gasteiger charge is 2.21. The number of nitrogens with zero attached hydrogens (tertiary/aromatic N) is 1. The molecule has 21 heavy (non-hydrogen) atoms. The molecule has 0 saturated heterocycles. The molecule has 0 spiro atoms. The van der Waals surface area contributed by atoms with Crippen molar-refractivity contribution >= 4 is 23.0 Å². The Labute approximate surface area is 122 Å². The van der Waals surface area contributed by atoms with E-state index in [9.17, 15) is 4.79 Å². The van der Waals surface area contributed by atoms with Gasteiger partial charge in [-0.3, -0.25) is 4.79 Å². The largest absolute Gasteiger partial charge is 0.424 e. The van der Waals surface area contributed by atoms with Crippen molar-refractivity contribution in [2.75, 3.05) is 12.4 Å². The molecule has 0 bridgehead atoms. The molecule has 2 aromatic carbocycles. The van der Waals surface area contributed by atoms with Crippen molar-refractivity contribution in [2.45, 2.75) is 6.04 Å². The first-order chi connectivity index (χ1) is 10.3. The SMILES string of the molecule is CNC(=O)[C@@H](Nc1nc2ccccc2o1)c1ccccc1. The van der Waals surface area contributed by atoms with Gasteiger partial charge in [0.1, 0.15) is 11.6 Å². The lowest BCUT2D eigenvalue weighted by atomic mass is 10.1. The molecular formula is C16H15N3O2. The lowest BCUT2D eigenvalue weighted by Gasteiger charge is -2.16. The Morgan fingerprint density at radius 2 is 1.81 bits per heavy atom. The molecule has 1 heterocycles. The van der Waals surface area contributed by atoms with Crippen LogP contribution in [0.25, 0.3) is 11.1 Å². The molecule has 0 fully saturated rings. The van der Waals surface area contributed by atoms with E-state index in [2.05, 4.69) is 15.6 Å². The lowest BCUT2D eigenvalue weighted by molar-refractivity contribution is -0.121. The predicted octanol–water partition coefficient (Wildman–Crippen LogP) is 2.73. The third kappa shape index (κ3) is 2.72. The van der Waals surface area contributed by atoms with E-state index in [1.54, 1.807) is 7.05 Å². The number of rotatable bonds is 4. The zero-order valence-corrected chi connectivity index (χ0v) is 11.5. The van der Waals surface area contributed by atoms with E-state index >= 15 is 0 Å². The Balaban J connectivity index is 1.92. The number of hydrogen-bond acceptors (Lipinski definition) is 4. The number of hydrogen-bond donors (Lipinski definition) is 2. The smallest absolute Gasteiger partial charge is 0.296 e. The number of benzene rings is 2. The first kappa shape index (κ1) is 13.2. The first-order valence-corrected chi connectivity index (χ1v) is 6.66. The summed E-state index contributed by atoms with van der Waals surface area (Å²) in [5, 5.41) is 5.69. The Bertz CT molecular complexity index is 719. The normalized spacial score (nSPS) is 12.0. The fourth-order valence-electron chi connectivity index (χ4n) is 2.15. The van der Waals surface area contributed by atoms with Gasteiger partial charge in [-0.15, -0.1) is 0 Å². The van der Waals surface area contributed by atoms with Crippen LogP contribution in [0.2, 0.25) is 0 Å². The summed E-state index contributed by atoms with van der Waals surface area (Å²) >= 11 is 0. The molecule has 1 atom stereocenters. The predicted molar refractivity (Wildman–Crippen MR) is 80.9 cm³/mol. The van der Waals surface area contributed by atoms with Crippen molar-refractivity contribution in [3.05, 3.63) is 60.2 Å². The summed E-state index contributed by atoms with van der Waals surface area (Å²) in [4.78, 5) is 16.4. The third-order valence-corrected chi connectivity index (χ3v) is 3.20. The number of carbonyl (C=O) groups excluding carboxylic acids is 1. The van der Waals surface area contributed by atoms with Gasteiger partial charge in [0.2, 0.25) is 5.91 Å². The van der Waals surface area contributed by atoms with Gasteiger partial charge in [0.25, 0.3) is 6.01 Å². The van der Waals surface area contributed by atoms with Crippen molar-refractivity contribution < 1.29 is 9.21 Å². The number of para-hydroxylation sites is 2. The highest BCUT2D eigenvalue weighted by Crippen LogP contribution is 2.23. The maximum absolute atomic E-state index is 12.1. The van der Waals surface area contributed by atoms with Gasteiger partial charge < -0.3 is 15.1 Å². The molecule has 5 heteroatoms. The molecule has 0 aliphatic rings. The highest BCUT2D eigenvalue weighted by atomic mass is 16.4. The minimum atomic E-state index is -0.552.